The summed E-state index contributed by atoms with van der Waals surface area (Å²) in [6, 6.07) is 5.78. The van der Waals surface area contributed by atoms with Gasteiger partial charge in [-0.05, 0) is 23.8 Å². The van der Waals surface area contributed by atoms with Crippen molar-refractivity contribution in [3.05, 3.63) is 35.0 Å². The Morgan fingerprint density at radius 1 is 1.33 bits per heavy atom. The Morgan fingerprint density at radius 2 is 2.06 bits per heavy atom. The number of halogens is 3. The summed E-state index contributed by atoms with van der Waals surface area (Å²) in [5.41, 5.74) is 0.423. The standard InChI is InChI=1S/C11H5F3N2OS/c12-11(13,14)10-16-5-9(18-10)6-1-2-8(17)7(3-6)4-15/h1-3,5,17H. The van der Waals surface area contributed by atoms with Crippen LogP contribution in [0.5, 0.6) is 5.75 Å². The van der Waals surface area contributed by atoms with Crippen molar-refractivity contribution in [3.8, 4) is 22.3 Å². The van der Waals surface area contributed by atoms with Crippen molar-refractivity contribution in [1.82, 2.24) is 4.98 Å². The number of benzene rings is 1. The number of thiazole rings is 1. The first kappa shape index (κ1) is 12.4. The number of rotatable bonds is 1. The monoisotopic (exact) mass is 270 g/mol. The molecule has 0 radical (unpaired) electrons. The molecule has 0 spiro atoms. The van der Waals surface area contributed by atoms with Crippen molar-refractivity contribution in [2.75, 3.05) is 0 Å². The smallest absolute Gasteiger partial charge is 0.443 e. The Labute approximate surface area is 104 Å². The average molecular weight is 270 g/mol. The average Bonchev–Trinajstić information content (AvgIpc) is 2.78. The second kappa shape index (κ2) is 4.31. The predicted molar refractivity (Wildman–Crippen MR) is 58.9 cm³/mol. The van der Waals surface area contributed by atoms with Gasteiger partial charge in [-0.2, -0.15) is 18.4 Å². The fraction of sp³-hybridized carbons (Fsp3) is 0.0909. The second-order valence-electron chi connectivity index (χ2n) is 3.37. The van der Waals surface area contributed by atoms with Crippen LogP contribution in [0.15, 0.2) is 24.4 Å². The zero-order chi connectivity index (χ0) is 13.3. The first-order chi connectivity index (χ1) is 8.41. The molecule has 0 atom stereocenters. The zero-order valence-electron chi connectivity index (χ0n) is 8.69. The summed E-state index contributed by atoms with van der Waals surface area (Å²) in [5, 5.41) is 17.1. The lowest BCUT2D eigenvalue weighted by Gasteiger charge is -2.00. The topological polar surface area (TPSA) is 56.9 Å². The summed E-state index contributed by atoms with van der Waals surface area (Å²) in [6.07, 6.45) is -3.38. The zero-order valence-corrected chi connectivity index (χ0v) is 9.51. The summed E-state index contributed by atoms with van der Waals surface area (Å²) < 4.78 is 37.1. The van der Waals surface area contributed by atoms with Gasteiger partial charge in [0.05, 0.1) is 10.4 Å². The fourth-order valence-electron chi connectivity index (χ4n) is 1.32. The molecule has 0 unspecified atom stereocenters. The molecule has 1 heterocycles. The van der Waals surface area contributed by atoms with Crippen molar-refractivity contribution in [2.45, 2.75) is 6.18 Å². The van der Waals surface area contributed by atoms with Crippen LogP contribution in [0.25, 0.3) is 10.4 Å². The molecule has 0 saturated heterocycles. The quantitative estimate of drug-likeness (QED) is 0.863. The number of phenolic OH excluding ortho intramolecular Hbond substituents is 1. The molecule has 0 saturated carbocycles. The van der Waals surface area contributed by atoms with Gasteiger partial charge in [-0.15, -0.1) is 11.3 Å². The lowest BCUT2D eigenvalue weighted by Crippen LogP contribution is -2.02. The van der Waals surface area contributed by atoms with E-state index < -0.39 is 11.2 Å². The summed E-state index contributed by atoms with van der Waals surface area (Å²) in [5.74, 6) is -0.207. The van der Waals surface area contributed by atoms with E-state index in [4.69, 9.17) is 5.26 Å². The van der Waals surface area contributed by atoms with E-state index in [0.717, 1.165) is 6.20 Å². The highest BCUT2D eigenvalue weighted by Crippen LogP contribution is 2.37. The Kier molecular flexibility index (Phi) is 2.97. The third-order valence-electron chi connectivity index (χ3n) is 2.15. The fourth-order valence-corrected chi connectivity index (χ4v) is 2.10. The van der Waals surface area contributed by atoms with Crippen molar-refractivity contribution in [1.29, 1.82) is 5.26 Å². The first-order valence-electron chi connectivity index (χ1n) is 4.68. The van der Waals surface area contributed by atoms with Crippen LogP contribution in [-0.4, -0.2) is 10.1 Å². The molecule has 7 heteroatoms. The molecule has 18 heavy (non-hydrogen) atoms. The van der Waals surface area contributed by atoms with Crippen LogP contribution >= 0.6 is 11.3 Å². The van der Waals surface area contributed by atoms with Gasteiger partial charge < -0.3 is 5.11 Å². The van der Waals surface area contributed by atoms with Crippen LogP contribution in [0.1, 0.15) is 10.6 Å². The Bertz CT molecular complexity index is 628. The molecule has 0 bridgehead atoms. The van der Waals surface area contributed by atoms with E-state index in [1.165, 1.54) is 18.2 Å². The van der Waals surface area contributed by atoms with Crippen molar-refractivity contribution < 1.29 is 18.3 Å². The molecule has 2 rings (SSSR count). The molecule has 0 amide bonds. The van der Waals surface area contributed by atoms with Gasteiger partial charge in [0.15, 0.2) is 5.01 Å². The molecule has 1 aromatic carbocycles. The molecule has 0 aliphatic heterocycles. The third kappa shape index (κ3) is 2.28. The normalized spacial score (nSPS) is 11.2. The predicted octanol–water partition coefficient (Wildman–Crippen LogP) is 3.41. The number of aromatic nitrogens is 1. The molecule has 1 aromatic heterocycles. The van der Waals surface area contributed by atoms with Gasteiger partial charge in [0.25, 0.3) is 0 Å². The molecular weight excluding hydrogens is 265 g/mol. The number of nitriles is 1. The molecule has 0 aliphatic rings. The lowest BCUT2D eigenvalue weighted by atomic mass is 10.1. The van der Waals surface area contributed by atoms with E-state index in [2.05, 4.69) is 4.98 Å². The highest BCUT2D eigenvalue weighted by atomic mass is 32.1. The van der Waals surface area contributed by atoms with E-state index in [1.54, 1.807) is 6.07 Å². The maximum atomic E-state index is 12.4. The van der Waals surface area contributed by atoms with Crippen LogP contribution < -0.4 is 0 Å². The number of phenols is 1. The van der Waals surface area contributed by atoms with Crippen molar-refractivity contribution >= 4 is 11.3 Å². The van der Waals surface area contributed by atoms with Crippen molar-refractivity contribution in [2.24, 2.45) is 0 Å². The second-order valence-corrected chi connectivity index (χ2v) is 4.40. The Balaban J connectivity index is 2.44. The van der Waals surface area contributed by atoms with Crippen LogP contribution in [0, 0.1) is 11.3 Å². The van der Waals surface area contributed by atoms with Gasteiger partial charge >= 0.3 is 6.18 Å². The van der Waals surface area contributed by atoms with Crippen LogP contribution in [0.3, 0.4) is 0 Å². The summed E-state index contributed by atoms with van der Waals surface area (Å²) in [6.45, 7) is 0. The third-order valence-corrected chi connectivity index (χ3v) is 3.24. The van der Waals surface area contributed by atoms with E-state index >= 15 is 0 Å². The maximum Gasteiger partial charge on any atom is 0.443 e. The van der Waals surface area contributed by atoms with Gasteiger partial charge in [0.1, 0.15) is 11.8 Å². The Hall–Kier alpha value is -2.07. The summed E-state index contributed by atoms with van der Waals surface area (Å²) in [4.78, 5) is 3.58. The van der Waals surface area contributed by atoms with Crippen LogP contribution in [0.4, 0.5) is 13.2 Å². The number of hydrogen-bond acceptors (Lipinski definition) is 4. The van der Waals surface area contributed by atoms with E-state index in [9.17, 15) is 18.3 Å². The van der Waals surface area contributed by atoms with Gasteiger partial charge in [0, 0.05) is 6.20 Å². The van der Waals surface area contributed by atoms with E-state index in [0.29, 0.717) is 21.8 Å². The molecule has 1 N–H and O–H groups in total. The van der Waals surface area contributed by atoms with Gasteiger partial charge in [-0.3, -0.25) is 0 Å². The lowest BCUT2D eigenvalue weighted by molar-refractivity contribution is -0.137. The molecule has 0 aliphatic carbocycles. The van der Waals surface area contributed by atoms with E-state index in [1.807, 2.05) is 0 Å². The molecular formula is C11H5F3N2OS. The molecule has 3 nitrogen and oxygen atoms in total. The number of aromatic hydroxyl groups is 1. The highest BCUT2D eigenvalue weighted by Gasteiger charge is 2.34. The molecule has 2 aromatic rings. The van der Waals surface area contributed by atoms with E-state index in [-0.39, 0.29) is 11.3 Å². The minimum absolute atomic E-state index is 0.00876. The van der Waals surface area contributed by atoms with Gasteiger partial charge in [-0.1, -0.05) is 0 Å². The van der Waals surface area contributed by atoms with Crippen molar-refractivity contribution in [3.63, 3.8) is 0 Å². The molecule has 0 fully saturated rings. The largest absolute Gasteiger partial charge is 0.507 e. The highest BCUT2D eigenvalue weighted by molar-refractivity contribution is 7.15. The summed E-state index contributed by atoms with van der Waals surface area (Å²) in [7, 11) is 0. The first-order valence-corrected chi connectivity index (χ1v) is 5.50. The number of alkyl halides is 3. The van der Waals surface area contributed by atoms with Gasteiger partial charge in [-0.25, -0.2) is 4.98 Å². The van der Waals surface area contributed by atoms with Crippen LogP contribution in [0.2, 0.25) is 0 Å². The minimum Gasteiger partial charge on any atom is -0.507 e. The number of nitrogens with zero attached hydrogens (tertiary/aromatic N) is 2. The molecule has 92 valence electrons. The maximum absolute atomic E-state index is 12.4. The van der Waals surface area contributed by atoms with Gasteiger partial charge in [0.2, 0.25) is 0 Å². The Morgan fingerprint density at radius 3 is 2.61 bits per heavy atom. The minimum atomic E-state index is -4.47. The summed E-state index contributed by atoms with van der Waals surface area (Å²) >= 11 is 0.491. The SMILES string of the molecule is N#Cc1cc(-c2cnc(C(F)(F)F)s2)ccc1O. The van der Waals surface area contributed by atoms with Crippen LogP contribution in [-0.2, 0) is 6.18 Å². The number of hydrogen-bond donors (Lipinski definition) is 1.